The number of allylic oxidation sites excluding steroid dienone is 1. The highest BCUT2D eigenvalue weighted by atomic mass is 19.4. The Morgan fingerprint density at radius 3 is 2.74 bits per heavy atom. The van der Waals surface area contributed by atoms with E-state index in [9.17, 15) is 13.2 Å². The van der Waals surface area contributed by atoms with Crippen LogP contribution in [-0.4, -0.2) is 53.3 Å². The summed E-state index contributed by atoms with van der Waals surface area (Å²) in [5.41, 5.74) is 5.19. The second-order valence-corrected chi connectivity index (χ2v) is 5.09. The average molecular weight is 328 g/mol. The maximum absolute atomic E-state index is 13.1. The molecule has 0 aliphatic carbocycles. The Morgan fingerprint density at radius 2 is 2.04 bits per heavy atom. The van der Waals surface area contributed by atoms with Crippen molar-refractivity contribution in [3.05, 3.63) is 29.9 Å². The van der Waals surface area contributed by atoms with Gasteiger partial charge in [0.2, 0.25) is 5.91 Å². The van der Waals surface area contributed by atoms with Crippen molar-refractivity contribution in [2.24, 2.45) is 10.7 Å². The number of halogens is 3. The van der Waals surface area contributed by atoms with E-state index in [0.29, 0.717) is 26.3 Å². The first kappa shape index (κ1) is 15.8. The zero-order chi connectivity index (χ0) is 16.5. The van der Waals surface area contributed by atoms with E-state index >= 15 is 0 Å². The van der Waals surface area contributed by atoms with E-state index in [1.807, 2.05) is 0 Å². The Labute approximate surface area is 130 Å². The van der Waals surface area contributed by atoms with Crippen LogP contribution < -0.4 is 11.1 Å². The van der Waals surface area contributed by atoms with Crippen molar-refractivity contribution >= 4 is 11.9 Å². The van der Waals surface area contributed by atoms with Crippen molar-refractivity contribution in [3.8, 4) is 0 Å². The number of aliphatic imine (C=N–C) groups is 1. The smallest absolute Gasteiger partial charge is 0.379 e. The van der Waals surface area contributed by atoms with E-state index in [-0.39, 0.29) is 11.3 Å². The molecule has 1 fully saturated rings. The van der Waals surface area contributed by atoms with Crippen LogP contribution in [-0.2, 0) is 10.9 Å². The number of nitrogens with two attached hydrogens (primary N) is 1. The van der Waals surface area contributed by atoms with Crippen molar-refractivity contribution in [2.45, 2.75) is 12.1 Å². The number of morpholine rings is 1. The predicted octanol–water partition coefficient (Wildman–Crippen LogP) is 0.413. The molecule has 124 valence electrons. The number of alkyl halides is 3. The number of rotatable bonds is 2. The Morgan fingerprint density at radius 1 is 1.30 bits per heavy atom. The van der Waals surface area contributed by atoms with Gasteiger partial charge >= 0.3 is 6.18 Å². The fraction of sp³-hybridized carbons (Fsp3) is 0.462. The van der Waals surface area contributed by atoms with Gasteiger partial charge in [-0.05, 0) is 6.08 Å². The topological polar surface area (TPSA) is 88.7 Å². The fourth-order valence-electron chi connectivity index (χ4n) is 2.47. The van der Waals surface area contributed by atoms with Gasteiger partial charge in [-0.2, -0.15) is 13.2 Å². The lowest BCUT2D eigenvalue weighted by Gasteiger charge is -2.42. The minimum Gasteiger partial charge on any atom is -0.379 e. The summed E-state index contributed by atoms with van der Waals surface area (Å²) in [7, 11) is 0. The van der Waals surface area contributed by atoms with Crippen molar-refractivity contribution in [1.82, 2.24) is 20.2 Å². The molecule has 7 nitrogen and oxygen atoms in total. The van der Waals surface area contributed by atoms with Crippen LogP contribution in [0.2, 0.25) is 0 Å². The van der Waals surface area contributed by atoms with Gasteiger partial charge in [0, 0.05) is 31.1 Å². The van der Waals surface area contributed by atoms with Crippen molar-refractivity contribution in [3.63, 3.8) is 0 Å². The highest BCUT2D eigenvalue weighted by Crippen LogP contribution is 2.33. The summed E-state index contributed by atoms with van der Waals surface area (Å²) in [6, 6.07) is 0. The van der Waals surface area contributed by atoms with Crippen LogP contribution in [0.3, 0.4) is 0 Å². The van der Waals surface area contributed by atoms with Crippen molar-refractivity contribution in [1.29, 1.82) is 0 Å². The molecule has 10 heteroatoms. The third-order valence-electron chi connectivity index (χ3n) is 3.60. The number of nitrogens with zero attached hydrogens (tertiary/aromatic N) is 4. The molecule has 2 aliphatic heterocycles. The molecular formula is C13H15F3N6O. The van der Waals surface area contributed by atoms with E-state index in [2.05, 4.69) is 20.3 Å². The number of hydrogen-bond donors (Lipinski definition) is 2. The second kappa shape index (κ2) is 5.87. The summed E-state index contributed by atoms with van der Waals surface area (Å²) in [5.74, 6) is -1.33. The van der Waals surface area contributed by atoms with Gasteiger partial charge in [0.25, 0.3) is 0 Å². The van der Waals surface area contributed by atoms with Crippen LogP contribution in [0.5, 0.6) is 0 Å². The maximum Gasteiger partial charge on any atom is 0.434 e. The van der Waals surface area contributed by atoms with Crippen LogP contribution in [0.4, 0.5) is 13.2 Å². The third kappa shape index (κ3) is 3.19. The molecule has 1 unspecified atom stereocenters. The molecule has 1 saturated heterocycles. The summed E-state index contributed by atoms with van der Waals surface area (Å²) < 4.78 is 44.6. The Hall–Kier alpha value is -2.04. The van der Waals surface area contributed by atoms with Gasteiger partial charge in [-0.1, -0.05) is 0 Å². The molecule has 2 aliphatic rings. The molecule has 3 heterocycles. The van der Waals surface area contributed by atoms with Crippen LogP contribution in [0.15, 0.2) is 23.6 Å². The lowest BCUT2D eigenvalue weighted by atomic mass is 10.1. The van der Waals surface area contributed by atoms with E-state index in [4.69, 9.17) is 10.5 Å². The largest absolute Gasteiger partial charge is 0.434 e. The summed E-state index contributed by atoms with van der Waals surface area (Å²) in [4.78, 5) is 13.0. The van der Waals surface area contributed by atoms with Crippen LogP contribution in [0.1, 0.15) is 11.3 Å². The highest BCUT2D eigenvalue weighted by molar-refractivity contribution is 5.86. The molecule has 0 spiro atoms. The van der Waals surface area contributed by atoms with Gasteiger partial charge in [-0.3, -0.25) is 5.73 Å². The first-order valence-corrected chi connectivity index (χ1v) is 6.93. The van der Waals surface area contributed by atoms with Gasteiger partial charge in [-0.15, -0.1) is 0 Å². The van der Waals surface area contributed by atoms with E-state index in [1.54, 1.807) is 4.90 Å². The molecule has 3 N–H and O–H groups in total. The van der Waals surface area contributed by atoms with Gasteiger partial charge in [0.1, 0.15) is 6.33 Å². The summed E-state index contributed by atoms with van der Waals surface area (Å²) in [5, 5.41) is 2.86. The minimum atomic E-state index is -4.59. The SMILES string of the molecule is NC1(N2CCOCC2)N=CC=C(c2cncnc2C(F)(F)F)N1. The van der Waals surface area contributed by atoms with Crippen LogP contribution in [0, 0.1) is 0 Å². The molecule has 3 rings (SSSR count). The monoisotopic (exact) mass is 328 g/mol. The molecule has 1 aromatic rings. The van der Waals surface area contributed by atoms with E-state index < -0.39 is 17.8 Å². The molecule has 1 aromatic heterocycles. The molecule has 0 radical (unpaired) electrons. The maximum atomic E-state index is 13.1. The van der Waals surface area contributed by atoms with Crippen LogP contribution >= 0.6 is 0 Å². The molecular weight excluding hydrogens is 313 g/mol. The third-order valence-corrected chi connectivity index (χ3v) is 3.60. The summed E-state index contributed by atoms with van der Waals surface area (Å²) in [6.45, 7) is 2.01. The second-order valence-electron chi connectivity index (χ2n) is 5.09. The predicted molar refractivity (Wildman–Crippen MR) is 75.9 cm³/mol. The molecule has 0 saturated carbocycles. The van der Waals surface area contributed by atoms with Crippen molar-refractivity contribution < 1.29 is 17.9 Å². The number of hydrogen-bond acceptors (Lipinski definition) is 7. The van der Waals surface area contributed by atoms with Gasteiger partial charge in [0.05, 0.1) is 18.9 Å². The van der Waals surface area contributed by atoms with Crippen molar-refractivity contribution in [2.75, 3.05) is 26.3 Å². The van der Waals surface area contributed by atoms with Crippen LogP contribution in [0.25, 0.3) is 5.70 Å². The fourth-order valence-corrected chi connectivity index (χ4v) is 2.47. The van der Waals surface area contributed by atoms with E-state index in [1.165, 1.54) is 12.3 Å². The molecule has 1 atom stereocenters. The number of nitrogens with one attached hydrogen (secondary N) is 1. The number of aromatic nitrogens is 2. The lowest BCUT2D eigenvalue weighted by Crippen LogP contribution is -2.66. The lowest BCUT2D eigenvalue weighted by molar-refractivity contribution is -0.141. The minimum absolute atomic E-state index is 0.168. The molecule has 0 amide bonds. The summed E-state index contributed by atoms with van der Waals surface area (Å²) >= 11 is 0. The Balaban J connectivity index is 1.91. The Kier molecular flexibility index (Phi) is 4.04. The molecule has 23 heavy (non-hydrogen) atoms. The highest BCUT2D eigenvalue weighted by Gasteiger charge is 2.39. The first-order chi connectivity index (χ1) is 10.9. The zero-order valence-electron chi connectivity index (χ0n) is 12.0. The summed E-state index contributed by atoms with van der Waals surface area (Å²) in [6.07, 6.45) is 0.175. The molecule has 0 bridgehead atoms. The first-order valence-electron chi connectivity index (χ1n) is 6.93. The van der Waals surface area contributed by atoms with Gasteiger partial charge in [-0.25, -0.2) is 19.9 Å². The quantitative estimate of drug-likeness (QED) is 0.818. The van der Waals surface area contributed by atoms with E-state index in [0.717, 1.165) is 12.5 Å². The Bertz CT molecular complexity index is 641. The average Bonchev–Trinajstić information content (AvgIpc) is 2.55. The molecule has 0 aromatic carbocycles. The normalized spacial score (nSPS) is 25.8. The standard InChI is InChI=1S/C13H15F3N6O/c14-12(15,16)11-9(7-18-8-19-11)10-1-2-20-13(17,21-10)22-3-5-23-6-4-22/h1-2,7-8,21H,3-6,17H2. The van der Waals surface area contributed by atoms with Gasteiger partial charge in [0.15, 0.2) is 5.69 Å². The zero-order valence-corrected chi connectivity index (χ0v) is 12.0. The number of ether oxygens (including phenoxy) is 1. The van der Waals surface area contributed by atoms with Gasteiger partial charge < -0.3 is 10.1 Å².